The lowest BCUT2D eigenvalue weighted by atomic mass is 9.52. The van der Waals surface area contributed by atoms with E-state index in [2.05, 4.69) is 66.3 Å². The van der Waals surface area contributed by atoms with E-state index >= 15 is 0 Å². The van der Waals surface area contributed by atoms with Gasteiger partial charge in [-0.25, -0.2) is 0 Å². The summed E-state index contributed by atoms with van der Waals surface area (Å²) in [7, 11) is 0. The molecule has 3 rings (SSSR count). The standard InChI is InChI=1S/C19H28BrN/c1-14-12-18(2,3)8-9-19(14)10-11-21-13-16(19)15-6-4-5-7-17(15)20/h4-7,14,16,21H,8-13H2,1-3H3. The molecule has 1 aromatic carbocycles. The van der Waals surface area contributed by atoms with Crippen molar-refractivity contribution in [3.8, 4) is 0 Å². The number of halogens is 1. The van der Waals surface area contributed by atoms with Gasteiger partial charge in [-0.2, -0.15) is 0 Å². The fraction of sp³-hybridized carbons (Fsp3) is 0.684. The molecule has 1 nitrogen and oxygen atoms in total. The van der Waals surface area contributed by atoms with Crippen LogP contribution in [0.5, 0.6) is 0 Å². The van der Waals surface area contributed by atoms with Crippen molar-refractivity contribution < 1.29 is 0 Å². The van der Waals surface area contributed by atoms with Gasteiger partial charge in [-0.15, -0.1) is 0 Å². The second-order valence-corrected chi connectivity index (χ2v) is 8.89. The molecule has 3 unspecified atom stereocenters. The van der Waals surface area contributed by atoms with Crippen molar-refractivity contribution in [2.24, 2.45) is 16.7 Å². The number of hydrogen-bond donors (Lipinski definition) is 1. The van der Waals surface area contributed by atoms with Crippen molar-refractivity contribution in [3.63, 3.8) is 0 Å². The number of rotatable bonds is 1. The van der Waals surface area contributed by atoms with Gasteiger partial charge in [-0.3, -0.25) is 0 Å². The molecule has 1 saturated heterocycles. The highest BCUT2D eigenvalue weighted by atomic mass is 79.9. The zero-order chi connectivity index (χ0) is 15.1. The summed E-state index contributed by atoms with van der Waals surface area (Å²) >= 11 is 3.80. The van der Waals surface area contributed by atoms with E-state index in [0.717, 1.165) is 12.5 Å². The Morgan fingerprint density at radius 2 is 1.90 bits per heavy atom. The van der Waals surface area contributed by atoms with Crippen LogP contribution in [0.25, 0.3) is 0 Å². The molecule has 1 aromatic rings. The van der Waals surface area contributed by atoms with Crippen molar-refractivity contribution in [1.82, 2.24) is 5.32 Å². The molecule has 1 aliphatic heterocycles. The lowest BCUT2D eigenvalue weighted by Crippen LogP contribution is -2.50. The predicted molar refractivity (Wildman–Crippen MR) is 93.6 cm³/mol. The highest BCUT2D eigenvalue weighted by molar-refractivity contribution is 9.10. The molecule has 1 saturated carbocycles. The van der Waals surface area contributed by atoms with Crippen LogP contribution in [0.4, 0.5) is 0 Å². The smallest absolute Gasteiger partial charge is 0.0210 e. The Morgan fingerprint density at radius 1 is 1.14 bits per heavy atom. The van der Waals surface area contributed by atoms with Gasteiger partial charge in [-0.1, -0.05) is 54.9 Å². The van der Waals surface area contributed by atoms with Crippen LogP contribution in [0.1, 0.15) is 57.9 Å². The monoisotopic (exact) mass is 349 g/mol. The summed E-state index contributed by atoms with van der Waals surface area (Å²) in [5.41, 5.74) is 2.52. The summed E-state index contributed by atoms with van der Waals surface area (Å²) < 4.78 is 1.29. The van der Waals surface area contributed by atoms with Crippen LogP contribution in [0.15, 0.2) is 28.7 Å². The average molecular weight is 350 g/mol. The summed E-state index contributed by atoms with van der Waals surface area (Å²) in [4.78, 5) is 0. The molecule has 2 fully saturated rings. The first kappa shape index (κ1) is 15.6. The van der Waals surface area contributed by atoms with Crippen molar-refractivity contribution in [3.05, 3.63) is 34.3 Å². The summed E-state index contributed by atoms with van der Waals surface area (Å²) in [6.07, 6.45) is 5.46. The SMILES string of the molecule is CC1CC(C)(C)CCC12CCNCC2c1ccccc1Br. The first-order valence-corrected chi connectivity index (χ1v) is 9.19. The quantitative estimate of drug-likeness (QED) is 0.719. The van der Waals surface area contributed by atoms with Crippen LogP contribution in [0, 0.1) is 16.7 Å². The molecule has 2 heteroatoms. The number of nitrogens with one attached hydrogen (secondary N) is 1. The lowest BCUT2D eigenvalue weighted by molar-refractivity contribution is -0.00719. The summed E-state index contributed by atoms with van der Waals surface area (Å²) in [5.74, 6) is 1.45. The molecule has 21 heavy (non-hydrogen) atoms. The third-order valence-corrected chi connectivity index (χ3v) is 6.92. The third kappa shape index (κ3) is 2.82. The van der Waals surface area contributed by atoms with Crippen LogP contribution < -0.4 is 5.32 Å². The van der Waals surface area contributed by atoms with Crippen LogP contribution in [-0.4, -0.2) is 13.1 Å². The maximum absolute atomic E-state index is 3.80. The second kappa shape index (κ2) is 5.70. The van der Waals surface area contributed by atoms with Crippen molar-refractivity contribution >= 4 is 15.9 Å². The minimum absolute atomic E-state index is 0.491. The summed E-state index contributed by atoms with van der Waals surface area (Å²) in [6, 6.07) is 8.86. The Balaban J connectivity index is 1.97. The van der Waals surface area contributed by atoms with E-state index in [1.54, 1.807) is 0 Å². The van der Waals surface area contributed by atoms with Gasteiger partial charge in [0.15, 0.2) is 0 Å². The van der Waals surface area contributed by atoms with Gasteiger partial charge < -0.3 is 5.32 Å². The van der Waals surface area contributed by atoms with Gasteiger partial charge in [0, 0.05) is 16.9 Å². The molecule has 1 aliphatic carbocycles. The Kier molecular flexibility index (Phi) is 4.22. The Morgan fingerprint density at radius 3 is 2.62 bits per heavy atom. The molecule has 1 heterocycles. The third-order valence-electron chi connectivity index (χ3n) is 6.20. The fourth-order valence-electron chi connectivity index (χ4n) is 4.96. The molecule has 2 aliphatic rings. The second-order valence-electron chi connectivity index (χ2n) is 8.03. The van der Waals surface area contributed by atoms with Gasteiger partial charge >= 0.3 is 0 Å². The number of piperidine rings is 1. The van der Waals surface area contributed by atoms with E-state index in [-0.39, 0.29) is 0 Å². The maximum atomic E-state index is 3.80. The molecular weight excluding hydrogens is 322 g/mol. The van der Waals surface area contributed by atoms with Gasteiger partial charge in [0.25, 0.3) is 0 Å². The van der Waals surface area contributed by atoms with Crippen LogP contribution >= 0.6 is 15.9 Å². The summed E-state index contributed by atoms with van der Waals surface area (Å²) in [5, 5.41) is 3.65. The van der Waals surface area contributed by atoms with Crippen LogP contribution in [-0.2, 0) is 0 Å². The Bertz CT molecular complexity index is 510. The molecule has 0 amide bonds. The first-order chi connectivity index (χ1) is 9.95. The molecule has 0 bridgehead atoms. The molecule has 0 aromatic heterocycles. The van der Waals surface area contributed by atoms with E-state index in [1.165, 1.54) is 42.3 Å². The Hall–Kier alpha value is -0.340. The van der Waals surface area contributed by atoms with Crippen molar-refractivity contribution in [2.75, 3.05) is 13.1 Å². The highest BCUT2D eigenvalue weighted by Gasteiger charge is 2.50. The van der Waals surface area contributed by atoms with Crippen molar-refractivity contribution in [2.45, 2.75) is 52.4 Å². The van der Waals surface area contributed by atoms with Crippen LogP contribution in [0.2, 0.25) is 0 Å². The minimum Gasteiger partial charge on any atom is -0.316 e. The molecule has 3 atom stereocenters. The number of benzene rings is 1. The molecule has 0 radical (unpaired) electrons. The van der Waals surface area contributed by atoms with Crippen molar-refractivity contribution in [1.29, 1.82) is 0 Å². The summed E-state index contributed by atoms with van der Waals surface area (Å²) in [6.45, 7) is 9.73. The lowest BCUT2D eigenvalue weighted by Gasteiger charge is -2.55. The first-order valence-electron chi connectivity index (χ1n) is 8.40. The normalized spacial score (nSPS) is 35.8. The van der Waals surface area contributed by atoms with E-state index < -0.39 is 0 Å². The van der Waals surface area contributed by atoms with Crippen LogP contribution in [0.3, 0.4) is 0 Å². The fourth-order valence-corrected chi connectivity index (χ4v) is 5.52. The van der Waals surface area contributed by atoms with Gasteiger partial charge in [0.1, 0.15) is 0 Å². The van der Waals surface area contributed by atoms with E-state index in [0.29, 0.717) is 16.7 Å². The zero-order valence-electron chi connectivity index (χ0n) is 13.6. The minimum atomic E-state index is 0.491. The molecular formula is C19H28BrN. The van der Waals surface area contributed by atoms with Gasteiger partial charge in [-0.05, 0) is 60.6 Å². The number of hydrogen-bond acceptors (Lipinski definition) is 1. The average Bonchev–Trinajstić information content (AvgIpc) is 2.44. The highest BCUT2D eigenvalue weighted by Crippen LogP contribution is 2.58. The largest absolute Gasteiger partial charge is 0.316 e. The topological polar surface area (TPSA) is 12.0 Å². The van der Waals surface area contributed by atoms with Gasteiger partial charge in [0.2, 0.25) is 0 Å². The van der Waals surface area contributed by atoms with E-state index in [4.69, 9.17) is 0 Å². The van der Waals surface area contributed by atoms with Gasteiger partial charge in [0.05, 0.1) is 0 Å². The maximum Gasteiger partial charge on any atom is 0.0210 e. The zero-order valence-corrected chi connectivity index (χ0v) is 15.2. The van der Waals surface area contributed by atoms with E-state index in [1.807, 2.05) is 0 Å². The Labute approximate surface area is 138 Å². The van der Waals surface area contributed by atoms with E-state index in [9.17, 15) is 0 Å². The molecule has 1 N–H and O–H groups in total. The molecule has 116 valence electrons. The molecule has 1 spiro atoms. The predicted octanol–water partition coefficient (Wildman–Crippen LogP) is 5.36.